The van der Waals surface area contributed by atoms with Crippen LogP contribution in [0.5, 0.6) is 0 Å². The van der Waals surface area contributed by atoms with E-state index in [1.807, 2.05) is 44.2 Å². The van der Waals surface area contributed by atoms with E-state index in [9.17, 15) is 9.59 Å². The van der Waals surface area contributed by atoms with Crippen molar-refractivity contribution >= 4 is 11.8 Å². The SMILES string of the molecule is Cc1cccc(C)c1C[C@@H](NC(=O)c1ccc(C(C)(C)C)cc1)C(N)=O. The molecule has 0 spiro atoms. The zero-order chi connectivity index (χ0) is 19.5. The molecule has 0 fully saturated rings. The number of primary amides is 1. The molecule has 2 aromatic carbocycles. The molecule has 1 atom stereocenters. The van der Waals surface area contributed by atoms with Crippen LogP contribution in [-0.2, 0) is 16.6 Å². The third-order valence-corrected chi connectivity index (χ3v) is 4.71. The summed E-state index contributed by atoms with van der Waals surface area (Å²) in [6.07, 6.45) is 0.389. The number of hydrogen-bond donors (Lipinski definition) is 2. The largest absolute Gasteiger partial charge is 0.368 e. The molecule has 2 rings (SSSR count). The molecule has 0 aromatic heterocycles. The smallest absolute Gasteiger partial charge is 0.251 e. The molecule has 3 N–H and O–H groups in total. The number of nitrogens with one attached hydrogen (secondary N) is 1. The fourth-order valence-corrected chi connectivity index (χ4v) is 2.96. The van der Waals surface area contributed by atoms with Crippen molar-refractivity contribution in [2.75, 3.05) is 0 Å². The van der Waals surface area contributed by atoms with Gasteiger partial charge in [-0.2, -0.15) is 0 Å². The Morgan fingerprint density at radius 3 is 2.00 bits per heavy atom. The predicted octanol–water partition coefficient (Wildman–Crippen LogP) is 3.43. The van der Waals surface area contributed by atoms with Crippen molar-refractivity contribution in [2.24, 2.45) is 5.73 Å². The van der Waals surface area contributed by atoms with Crippen LogP contribution in [0.4, 0.5) is 0 Å². The van der Waals surface area contributed by atoms with Gasteiger partial charge in [0, 0.05) is 12.0 Å². The summed E-state index contributed by atoms with van der Waals surface area (Å²) >= 11 is 0. The van der Waals surface area contributed by atoms with Crippen LogP contribution in [0.25, 0.3) is 0 Å². The third kappa shape index (κ3) is 4.72. The van der Waals surface area contributed by atoms with Gasteiger partial charge in [-0.3, -0.25) is 9.59 Å². The molecule has 0 saturated heterocycles. The fourth-order valence-electron chi connectivity index (χ4n) is 2.96. The van der Waals surface area contributed by atoms with Gasteiger partial charge in [0.1, 0.15) is 6.04 Å². The molecule has 0 aliphatic heterocycles. The Morgan fingerprint density at radius 2 is 1.54 bits per heavy atom. The van der Waals surface area contributed by atoms with E-state index in [1.165, 1.54) is 0 Å². The van der Waals surface area contributed by atoms with Crippen molar-refractivity contribution in [1.29, 1.82) is 0 Å². The van der Waals surface area contributed by atoms with Gasteiger partial charge in [-0.25, -0.2) is 0 Å². The second kappa shape index (κ2) is 7.73. The Hall–Kier alpha value is -2.62. The zero-order valence-corrected chi connectivity index (χ0v) is 16.2. The van der Waals surface area contributed by atoms with Gasteiger partial charge in [-0.1, -0.05) is 51.1 Å². The van der Waals surface area contributed by atoms with Crippen LogP contribution in [0.15, 0.2) is 42.5 Å². The van der Waals surface area contributed by atoms with Crippen LogP contribution in [-0.4, -0.2) is 17.9 Å². The molecule has 0 bridgehead atoms. The van der Waals surface area contributed by atoms with E-state index in [1.54, 1.807) is 12.1 Å². The molecule has 4 nitrogen and oxygen atoms in total. The van der Waals surface area contributed by atoms with Gasteiger partial charge in [0.25, 0.3) is 5.91 Å². The second-order valence-electron chi connectivity index (χ2n) is 7.83. The van der Waals surface area contributed by atoms with Gasteiger partial charge in [0.05, 0.1) is 0 Å². The van der Waals surface area contributed by atoms with Gasteiger partial charge < -0.3 is 11.1 Å². The Bertz CT molecular complexity index is 782. The maximum atomic E-state index is 12.6. The van der Waals surface area contributed by atoms with E-state index in [-0.39, 0.29) is 11.3 Å². The maximum Gasteiger partial charge on any atom is 0.251 e. The first kappa shape index (κ1) is 19.7. The highest BCUT2D eigenvalue weighted by molar-refractivity contribution is 5.97. The average molecular weight is 352 g/mol. The lowest BCUT2D eigenvalue weighted by atomic mass is 9.86. The van der Waals surface area contributed by atoms with Crippen molar-refractivity contribution in [3.05, 3.63) is 70.3 Å². The summed E-state index contributed by atoms with van der Waals surface area (Å²) in [5, 5.41) is 2.78. The van der Waals surface area contributed by atoms with Crippen LogP contribution in [0.1, 0.15) is 53.4 Å². The predicted molar refractivity (Wildman–Crippen MR) is 105 cm³/mol. The molecule has 0 unspecified atom stereocenters. The van der Waals surface area contributed by atoms with Crippen molar-refractivity contribution in [2.45, 2.75) is 52.5 Å². The van der Waals surface area contributed by atoms with E-state index in [0.29, 0.717) is 12.0 Å². The molecular weight excluding hydrogens is 324 g/mol. The van der Waals surface area contributed by atoms with E-state index in [0.717, 1.165) is 22.3 Å². The highest BCUT2D eigenvalue weighted by Crippen LogP contribution is 2.22. The molecule has 0 heterocycles. The number of amides is 2. The van der Waals surface area contributed by atoms with Gasteiger partial charge in [0.15, 0.2) is 0 Å². The Balaban J connectivity index is 2.17. The molecule has 138 valence electrons. The van der Waals surface area contributed by atoms with Crippen LogP contribution < -0.4 is 11.1 Å². The molecule has 2 amide bonds. The maximum absolute atomic E-state index is 12.6. The number of hydrogen-bond acceptors (Lipinski definition) is 2. The van der Waals surface area contributed by atoms with Crippen LogP contribution in [0, 0.1) is 13.8 Å². The summed E-state index contributed by atoms with van der Waals surface area (Å²) in [6, 6.07) is 12.7. The first-order chi connectivity index (χ1) is 12.1. The molecule has 4 heteroatoms. The lowest BCUT2D eigenvalue weighted by molar-refractivity contribution is -0.119. The van der Waals surface area contributed by atoms with Crippen LogP contribution >= 0.6 is 0 Å². The van der Waals surface area contributed by atoms with Gasteiger partial charge in [0.2, 0.25) is 5.91 Å². The summed E-state index contributed by atoms with van der Waals surface area (Å²) in [5.74, 6) is -0.826. The number of nitrogens with two attached hydrogens (primary N) is 1. The highest BCUT2D eigenvalue weighted by atomic mass is 16.2. The Labute approximate surface area is 155 Å². The molecule has 0 aliphatic carbocycles. The molecule has 0 saturated carbocycles. The van der Waals surface area contributed by atoms with Crippen molar-refractivity contribution in [1.82, 2.24) is 5.32 Å². The second-order valence-corrected chi connectivity index (χ2v) is 7.83. The number of carbonyl (C=O) groups is 2. The zero-order valence-electron chi connectivity index (χ0n) is 16.2. The van der Waals surface area contributed by atoms with Crippen molar-refractivity contribution in [3.8, 4) is 0 Å². The molecule has 0 aliphatic rings. The minimum atomic E-state index is -0.746. The van der Waals surface area contributed by atoms with E-state index >= 15 is 0 Å². The summed E-state index contributed by atoms with van der Waals surface area (Å²) in [6.45, 7) is 10.3. The van der Waals surface area contributed by atoms with Crippen molar-refractivity contribution in [3.63, 3.8) is 0 Å². The molecule has 26 heavy (non-hydrogen) atoms. The summed E-state index contributed by atoms with van der Waals surface area (Å²) in [5.41, 5.74) is 10.4. The summed E-state index contributed by atoms with van der Waals surface area (Å²) < 4.78 is 0. The van der Waals surface area contributed by atoms with Crippen molar-refractivity contribution < 1.29 is 9.59 Å². The Morgan fingerprint density at radius 1 is 1.00 bits per heavy atom. The van der Waals surface area contributed by atoms with Crippen LogP contribution in [0.3, 0.4) is 0 Å². The number of aryl methyl sites for hydroxylation is 2. The van der Waals surface area contributed by atoms with Gasteiger partial charge >= 0.3 is 0 Å². The fraction of sp³-hybridized carbons (Fsp3) is 0.364. The number of benzene rings is 2. The molecule has 0 radical (unpaired) electrons. The molecular formula is C22H28N2O2. The normalized spacial score (nSPS) is 12.5. The lowest BCUT2D eigenvalue weighted by Gasteiger charge is -2.20. The summed E-state index contributed by atoms with van der Waals surface area (Å²) in [7, 11) is 0. The number of rotatable bonds is 5. The minimum absolute atomic E-state index is 0.0210. The third-order valence-electron chi connectivity index (χ3n) is 4.71. The quantitative estimate of drug-likeness (QED) is 0.865. The Kier molecular flexibility index (Phi) is 5.86. The summed E-state index contributed by atoms with van der Waals surface area (Å²) in [4.78, 5) is 24.4. The first-order valence-electron chi connectivity index (χ1n) is 8.85. The monoisotopic (exact) mass is 352 g/mol. The average Bonchev–Trinajstić information content (AvgIpc) is 2.56. The van der Waals surface area contributed by atoms with E-state index in [4.69, 9.17) is 5.73 Å². The van der Waals surface area contributed by atoms with Crippen LogP contribution in [0.2, 0.25) is 0 Å². The minimum Gasteiger partial charge on any atom is -0.368 e. The van der Waals surface area contributed by atoms with E-state index in [2.05, 4.69) is 26.1 Å². The highest BCUT2D eigenvalue weighted by Gasteiger charge is 2.21. The van der Waals surface area contributed by atoms with E-state index < -0.39 is 11.9 Å². The standard InChI is InChI=1S/C22H28N2O2/c1-14-7-6-8-15(2)18(14)13-19(20(23)25)24-21(26)16-9-11-17(12-10-16)22(3,4)5/h6-12,19H,13H2,1-5H3,(H2,23,25)(H,24,26)/t19-/m1/s1. The van der Waals surface area contributed by atoms with Gasteiger partial charge in [-0.05, 0) is 53.6 Å². The topological polar surface area (TPSA) is 72.2 Å². The van der Waals surface area contributed by atoms with Gasteiger partial charge in [-0.15, -0.1) is 0 Å². The molecule has 2 aromatic rings. The first-order valence-corrected chi connectivity index (χ1v) is 8.85. The lowest BCUT2D eigenvalue weighted by Crippen LogP contribution is -2.46. The number of carbonyl (C=O) groups excluding carboxylic acids is 2.